The van der Waals surface area contributed by atoms with Crippen molar-refractivity contribution in [3.05, 3.63) is 51.9 Å². The lowest BCUT2D eigenvalue weighted by molar-refractivity contribution is 0.406. The highest BCUT2D eigenvalue weighted by Gasteiger charge is 2.32. The standard InChI is InChI=1S/C17H20ClFN2O/c1-3-16-21-10(2)15(22-16)9-20-17(11-4-5-11)12-6-7-14(19)13(18)8-12/h6-8,11,17,20H,3-5,9H2,1-2H3. The normalized spacial score (nSPS) is 16.0. The third kappa shape index (κ3) is 3.33. The van der Waals surface area contributed by atoms with Crippen LogP contribution in [0.3, 0.4) is 0 Å². The van der Waals surface area contributed by atoms with E-state index in [0.717, 1.165) is 29.3 Å². The minimum atomic E-state index is -0.376. The van der Waals surface area contributed by atoms with Gasteiger partial charge in [0.15, 0.2) is 5.89 Å². The molecule has 1 fully saturated rings. The minimum absolute atomic E-state index is 0.174. The van der Waals surface area contributed by atoms with Crippen LogP contribution < -0.4 is 5.32 Å². The summed E-state index contributed by atoms with van der Waals surface area (Å²) in [6.07, 6.45) is 3.16. The quantitative estimate of drug-likeness (QED) is 0.846. The van der Waals surface area contributed by atoms with Crippen LogP contribution in [0.1, 0.15) is 48.7 Å². The summed E-state index contributed by atoms with van der Waals surface area (Å²) in [4.78, 5) is 4.39. The number of nitrogens with zero attached hydrogens (tertiary/aromatic N) is 1. The smallest absolute Gasteiger partial charge is 0.194 e. The van der Waals surface area contributed by atoms with Crippen LogP contribution in [0.4, 0.5) is 4.39 Å². The molecule has 0 saturated heterocycles. The summed E-state index contributed by atoms with van der Waals surface area (Å²) in [5.74, 6) is 1.84. The molecule has 2 aromatic rings. The maximum absolute atomic E-state index is 13.3. The molecular formula is C17H20ClFN2O. The van der Waals surface area contributed by atoms with E-state index in [1.807, 2.05) is 19.9 Å². The highest BCUT2D eigenvalue weighted by atomic mass is 35.5. The predicted molar refractivity (Wildman–Crippen MR) is 84.3 cm³/mol. The molecule has 0 aliphatic heterocycles. The van der Waals surface area contributed by atoms with Gasteiger partial charge in [-0.25, -0.2) is 9.37 Å². The molecule has 118 valence electrons. The van der Waals surface area contributed by atoms with Crippen molar-refractivity contribution in [2.75, 3.05) is 0 Å². The third-order valence-corrected chi connectivity index (χ3v) is 4.41. The largest absolute Gasteiger partial charge is 0.444 e. The van der Waals surface area contributed by atoms with Crippen LogP contribution in [-0.4, -0.2) is 4.98 Å². The Hall–Kier alpha value is -1.39. The first-order chi connectivity index (χ1) is 10.6. The number of aromatic nitrogens is 1. The first-order valence-corrected chi connectivity index (χ1v) is 8.09. The minimum Gasteiger partial charge on any atom is -0.444 e. The number of hydrogen-bond donors (Lipinski definition) is 1. The van der Waals surface area contributed by atoms with Crippen LogP contribution in [0.25, 0.3) is 0 Å². The molecule has 0 bridgehead atoms. The molecule has 1 aliphatic carbocycles. The number of halogens is 2. The third-order valence-electron chi connectivity index (χ3n) is 4.12. The average Bonchev–Trinajstić information content (AvgIpc) is 3.27. The Morgan fingerprint density at radius 2 is 2.23 bits per heavy atom. The molecule has 22 heavy (non-hydrogen) atoms. The van der Waals surface area contributed by atoms with E-state index in [1.165, 1.54) is 18.9 Å². The van der Waals surface area contributed by atoms with Crippen LogP contribution >= 0.6 is 11.6 Å². The van der Waals surface area contributed by atoms with Gasteiger partial charge in [0.25, 0.3) is 0 Å². The van der Waals surface area contributed by atoms with Gasteiger partial charge in [-0.3, -0.25) is 0 Å². The Labute approximate surface area is 134 Å². The SMILES string of the molecule is CCc1nc(C)c(CNC(c2ccc(F)c(Cl)c2)C2CC2)o1. The molecule has 1 saturated carbocycles. The summed E-state index contributed by atoms with van der Waals surface area (Å²) < 4.78 is 19.1. The van der Waals surface area contributed by atoms with E-state index in [0.29, 0.717) is 12.5 Å². The zero-order chi connectivity index (χ0) is 15.7. The molecule has 1 unspecified atom stereocenters. The van der Waals surface area contributed by atoms with Gasteiger partial charge in [-0.1, -0.05) is 24.6 Å². The molecule has 1 aromatic heterocycles. The first-order valence-electron chi connectivity index (χ1n) is 7.72. The Morgan fingerprint density at radius 3 is 2.82 bits per heavy atom. The van der Waals surface area contributed by atoms with Gasteiger partial charge in [-0.15, -0.1) is 0 Å². The van der Waals surface area contributed by atoms with Crippen LogP contribution in [0.15, 0.2) is 22.6 Å². The summed E-state index contributed by atoms with van der Waals surface area (Å²) >= 11 is 5.92. The number of oxazole rings is 1. The molecule has 3 rings (SSSR count). The molecule has 0 amide bonds. The summed E-state index contributed by atoms with van der Waals surface area (Å²) in [6, 6.07) is 5.14. The highest BCUT2D eigenvalue weighted by molar-refractivity contribution is 6.30. The van der Waals surface area contributed by atoms with Gasteiger partial charge in [-0.05, 0) is 43.4 Å². The van der Waals surface area contributed by atoms with E-state index in [9.17, 15) is 4.39 Å². The number of nitrogens with one attached hydrogen (secondary N) is 1. The van der Waals surface area contributed by atoms with Gasteiger partial charge in [0, 0.05) is 12.5 Å². The van der Waals surface area contributed by atoms with E-state index < -0.39 is 0 Å². The van der Waals surface area contributed by atoms with E-state index in [2.05, 4.69) is 10.3 Å². The fraction of sp³-hybridized carbons (Fsp3) is 0.471. The van der Waals surface area contributed by atoms with Gasteiger partial charge in [-0.2, -0.15) is 0 Å². The second kappa shape index (κ2) is 6.39. The van der Waals surface area contributed by atoms with Gasteiger partial charge < -0.3 is 9.73 Å². The maximum atomic E-state index is 13.3. The molecule has 1 atom stereocenters. The molecule has 0 spiro atoms. The monoisotopic (exact) mass is 322 g/mol. The number of rotatable bonds is 6. The fourth-order valence-corrected chi connectivity index (χ4v) is 2.89. The van der Waals surface area contributed by atoms with E-state index in [4.69, 9.17) is 16.0 Å². The molecule has 3 nitrogen and oxygen atoms in total. The van der Waals surface area contributed by atoms with E-state index in [-0.39, 0.29) is 16.9 Å². The molecule has 1 aliphatic rings. The van der Waals surface area contributed by atoms with E-state index in [1.54, 1.807) is 6.07 Å². The van der Waals surface area contributed by atoms with Gasteiger partial charge >= 0.3 is 0 Å². The lowest BCUT2D eigenvalue weighted by Crippen LogP contribution is -2.23. The van der Waals surface area contributed by atoms with Crippen LogP contribution in [0, 0.1) is 18.7 Å². The topological polar surface area (TPSA) is 38.1 Å². The van der Waals surface area contributed by atoms with Crippen LogP contribution in [0.2, 0.25) is 5.02 Å². The molecule has 5 heteroatoms. The first kappa shape index (κ1) is 15.5. The maximum Gasteiger partial charge on any atom is 0.194 e. The van der Waals surface area contributed by atoms with E-state index >= 15 is 0 Å². The number of hydrogen-bond acceptors (Lipinski definition) is 3. The Bertz CT molecular complexity index is 667. The van der Waals surface area contributed by atoms with Crippen LogP contribution in [0.5, 0.6) is 0 Å². The zero-order valence-corrected chi connectivity index (χ0v) is 13.6. The van der Waals surface area contributed by atoms with Crippen molar-refractivity contribution in [1.29, 1.82) is 0 Å². The Kier molecular flexibility index (Phi) is 4.50. The predicted octanol–water partition coefficient (Wildman–Crippen LogP) is 4.58. The number of aryl methyl sites for hydroxylation is 2. The second-order valence-electron chi connectivity index (χ2n) is 5.84. The van der Waals surface area contributed by atoms with Gasteiger partial charge in [0.1, 0.15) is 11.6 Å². The van der Waals surface area contributed by atoms with Crippen molar-refractivity contribution in [2.45, 2.75) is 45.7 Å². The van der Waals surface area contributed by atoms with Crippen molar-refractivity contribution < 1.29 is 8.81 Å². The fourth-order valence-electron chi connectivity index (χ4n) is 2.70. The second-order valence-corrected chi connectivity index (χ2v) is 6.25. The van der Waals surface area contributed by atoms with Crippen molar-refractivity contribution in [3.8, 4) is 0 Å². The summed E-state index contributed by atoms with van der Waals surface area (Å²) in [7, 11) is 0. The molecule has 0 radical (unpaired) electrons. The molecule has 1 aromatic carbocycles. The zero-order valence-electron chi connectivity index (χ0n) is 12.8. The molecule has 1 N–H and O–H groups in total. The van der Waals surface area contributed by atoms with Gasteiger partial charge in [0.2, 0.25) is 0 Å². The molecule has 1 heterocycles. The molecular weight excluding hydrogens is 303 g/mol. The Morgan fingerprint density at radius 1 is 1.45 bits per heavy atom. The summed E-state index contributed by atoms with van der Waals surface area (Å²) in [6.45, 7) is 4.60. The average molecular weight is 323 g/mol. The Balaban J connectivity index is 1.74. The van der Waals surface area contributed by atoms with Crippen molar-refractivity contribution in [1.82, 2.24) is 10.3 Å². The van der Waals surface area contributed by atoms with Crippen molar-refractivity contribution in [2.24, 2.45) is 5.92 Å². The lowest BCUT2D eigenvalue weighted by atomic mass is 10.0. The summed E-state index contributed by atoms with van der Waals surface area (Å²) in [5, 5.41) is 3.70. The van der Waals surface area contributed by atoms with Gasteiger partial charge in [0.05, 0.1) is 17.3 Å². The van der Waals surface area contributed by atoms with Crippen molar-refractivity contribution >= 4 is 11.6 Å². The number of benzene rings is 1. The van der Waals surface area contributed by atoms with Crippen molar-refractivity contribution in [3.63, 3.8) is 0 Å². The highest BCUT2D eigenvalue weighted by Crippen LogP contribution is 2.41. The summed E-state index contributed by atoms with van der Waals surface area (Å²) in [5.41, 5.74) is 1.96. The lowest BCUT2D eigenvalue weighted by Gasteiger charge is -2.18. The van der Waals surface area contributed by atoms with Crippen LogP contribution in [-0.2, 0) is 13.0 Å².